The average Bonchev–Trinajstić information content (AvgIpc) is 3.04. The number of likely N-dealkylation sites (tertiary alicyclic amines) is 1. The van der Waals surface area contributed by atoms with Crippen LogP contribution in [0.2, 0.25) is 0 Å². The van der Waals surface area contributed by atoms with Crippen LogP contribution < -0.4 is 11.1 Å². The summed E-state index contributed by atoms with van der Waals surface area (Å²) in [6.07, 6.45) is -2.38. The fourth-order valence-electron chi connectivity index (χ4n) is 3.13. The highest BCUT2D eigenvalue weighted by Gasteiger charge is 2.33. The van der Waals surface area contributed by atoms with E-state index in [4.69, 9.17) is 5.73 Å². The Labute approximate surface area is 142 Å². The Morgan fingerprint density at radius 2 is 2.08 bits per heavy atom. The number of thioether (sulfide) groups is 1. The number of nitrogens with zero attached hydrogens (tertiary/aromatic N) is 1. The fourth-order valence-corrected chi connectivity index (χ4v) is 4.15. The number of benzene rings is 1. The maximum absolute atomic E-state index is 13.7. The molecule has 1 saturated heterocycles. The lowest BCUT2D eigenvalue weighted by molar-refractivity contribution is -0.137. The van der Waals surface area contributed by atoms with Crippen molar-refractivity contribution in [2.45, 2.75) is 37.5 Å². The second kappa shape index (κ2) is 6.57. The predicted molar refractivity (Wildman–Crippen MR) is 87.3 cm³/mol. The minimum atomic E-state index is -4.59. The van der Waals surface area contributed by atoms with Gasteiger partial charge in [0.15, 0.2) is 0 Å². The number of halogens is 4. The minimum Gasteiger partial charge on any atom is -0.360 e. The first-order valence-electron chi connectivity index (χ1n) is 7.78. The number of hydrogen-bond acceptors (Lipinski definition) is 4. The lowest BCUT2D eigenvalue weighted by atomic mass is 10.1. The molecule has 0 radical (unpaired) electrons. The average molecular weight is 361 g/mol. The van der Waals surface area contributed by atoms with Crippen LogP contribution in [0.5, 0.6) is 0 Å². The van der Waals surface area contributed by atoms with E-state index < -0.39 is 23.1 Å². The summed E-state index contributed by atoms with van der Waals surface area (Å²) in [5.41, 5.74) is 5.15. The zero-order valence-electron chi connectivity index (χ0n) is 13.2. The molecule has 1 fully saturated rings. The highest BCUT2D eigenvalue weighted by molar-refractivity contribution is 8.04. The number of rotatable bonds is 3. The monoisotopic (exact) mass is 361 g/mol. The van der Waals surface area contributed by atoms with Crippen molar-refractivity contribution >= 4 is 17.5 Å². The van der Waals surface area contributed by atoms with Crippen LogP contribution in [0.3, 0.4) is 0 Å². The Morgan fingerprint density at radius 3 is 2.71 bits per heavy atom. The lowest BCUT2D eigenvalue weighted by Crippen LogP contribution is -2.28. The third kappa shape index (κ3) is 3.70. The Hall–Kier alpha value is -1.25. The van der Waals surface area contributed by atoms with Crippen molar-refractivity contribution in [3.8, 4) is 0 Å². The molecule has 3 N–H and O–H groups in total. The molecule has 0 aliphatic carbocycles. The van der Waals surface area contributed by atoms with Crippen LogP contribution in [0.25, 0.3) is 5.70 Å². The quantitative estimate of drug-likeness (QED) is 0.808. The molecule has 24 heavy (non-hydrogen) atoms. The SMILES string of the molecule is CC1CCCN1CC1=C(c2cc(F)cc(C(F)(F)F)c2)NC(N)S1. The minimum absolute atomic E-state index is 0.185. The van der Waals surface area contributed by atoms with Crippen LogP contribution in [0.4, 0.5) is 17.6 Å². The van der Waals surface area contributed by atoms with Gasteiger partial charge in [-0.3, -0.25) is 4.90 Å². The Kier molecular flexibility index (Phi) is 4.81. The standard InChI is InChI=1S/C16H19F4N3S/c1-9-3-2-4-23(9)8-13-14(22-15(21)24-13)10-5-11(16(18,19)20)7-12(17)6-10/h5-7,9,15,22H,2-4,8,21H2,1H3. The summed E-state index contributed by atoms with van der Waals surface area (Å²) >= 11 is 1.38. The molecule has 2 aliphatic rings. The summed E-state index contributed by atoms with van der Waals surface area (Å²) in [6, 6.07) is 3.02. The van der Waals surface area contributed by atoms with E-state index in [9.17, 15) is 17.6 Å². The molecule has 8 heteroatoms. The molecule has 1 aromatic carbocycles. The molecule has 3 rings (SSSR count). The summed E-state index contributed by atoms with van der Waals surface area (Å²) in [6.45, 7) is 3.69. The fraction of sp³-hybridized carbons (Fsp3) is 0.500. The molecule has 0 spiro atoms. The van der Waals surface area contributed by atoms with Crippen molar-refractivity contribution in [1.82, 2.24) is 10.2 Å². The smallest absolute Gasteiger partial charge is 0.360 e. The summed E-state index contributed by atoms with van der Waals surface area (Å²) < 4.78 is 52.5. The van der Waals surface area contributed by atoms with Crippen LogP contribution in [-0.4, -0.2) is 29.5 Å². The van der Waals surface area contributed by atoms with Gasteiger partial charge in [0.25, 0.3) is 0 Å². The van der Waals surface area contributed by atoms with Crippen molar-refractivity contribution in [1.29, 1.82) is 0 Å². The van der Waals surface area contributed by atoms with Gasteiger partial charge in [-0.15, -0.1) is 0 Å². The second-order valence-corrected chi connectivity index (χ2v) is 7.41. The predicted octanol–water partition coefficient (Wildman–Crippen LogP) is 3.58. The van der Waals surface area contributed by atoms with Crippen molar-refractivity contribution in [3.05, 3.63) is 40.0 Å². The first-order valence-corrected chi connectivity index (χ1v) is 8.66. The molecule has 3 nitrogen and oxygen atoms in total. The van der Waals surface area contributed by atoms with E-state index in [0.29, 0.717) is 24.4 Å². The Morgan fingerprint density at radius 1 is 1.33 bits per heavy atom. The molecule has 2 atom stereocenters. The van der Waals surface area contributed by atoms with E-state index in [1.807, 2.05) is 0 Å². The largest absolute Gasteiger partial charge is 0.416 e. The molecule has 0 amide bonds. The summed E-state index contributed by atoms with van der Waals surface area (Å²) in [5.74, 6) is -0.909. The van der Waals surface area contributed by atoms with Crippen LogP contribution in [0.1, 0.15) is 30.9 Å². The molecule has 2 aliphatic heterocycles. The van der Waals surface area contributed by atoms with Crippen LogP contribution in [-0.2, 0) is 6.18 Å². The summed E-state index contributed by atoms with van der Waals surface area (Å²) in [7, 11) is 0. The number of hydrogen-bond donors (Lipinski definition) is 2. The van der Waals surface area contributed by atoms with Gasteiger partial charge in [0.05, 0.1) is 11.3 Å². The van der Waals surface area contributed by atoms with E-state index in [-0.39, 0.29) is 5.56 Å². The van der Waals surface area contributed by atoms with Gasteiger partial charge in [-0.2, -0.15) is 13.2 Å². The van der Waals surface area contributed by atoms with Gasteiger partial charge in [-0.05, 0) is 44.5 Å². The van der Waals surface area contributed by atoms with Gasteiger partial charge in [0.2, 0.25) is 0 Å². The topological polar surface area (TPSA) is 41.3 Å². The molecule has 132 valence electrons. The van der Waals surface area contributed by atoms with Crippen molar-refractivity contribution < 1.29 is 17.6 Å². The van der Waals surface area contributed by atoms with Gasteiger partial charge in [0, 0.05) is 23.1 Å². The maximum Gasteiger partial charge on any atom is 0.416 e. The van der Waals surface area contributed by atoms with Gasteiger partial charge in [-0.25, -0.2) is 4.39 Å². The Balaban J connectivity index is 1.95. The van der Waals surface area contributed by atoms with E-state index in [1.54, 1.807) is 0 Å². The highest BCUT2D eigenvalue weighted by atomic mass is 32.2. The molecule has 1 aromatic rings. The van der Waals surface area contributed by atoms with E-state index in [0.717, 1.165) is 36.4 Å². The van der Waals surface area contributed by atoms with Crippen LogP contribution >= 0.6 is 11.8 Å². The first kappa shape index (κ1) is 17.6. The van der Waals surface area contributed by atoms with Gasteiger partial charge >= 0.3 is 6.18 Å². The number of nitrogens with one attached hydrogen (secondary N) is 1. The molecule has 2 unspecified atom stereocenters. The van der Waals surface area contributed by atoms with Gasteiger partial charge in [0.1, 0.15) is 11.3 Å². The molecule has 2 heterocycles. The number of alkyl halides is 3. The normalized spacial score (nSPS) is 25.4. The molecular weight excluding hydrogens is 342 g/mol. The van der Waals surface area contributed by atoms with Crippen LogP contribution in [0.15, 0.2) is 23.1 Å². The van der Waals surface area contributed by atoms with E-state index >= 15 is 0 Å². The first-order chi connectivity index (χ1) is 11.2. The van der Waals surface area contributed by atoms with Gasteiger partial charge in [-0.1, -0.05) is 11.8 Å². The summed E-state index contributed by atoms with van der Waals surface area (Å²) in [4.78, 5) is 3.13. The number of nitrogens with two attached hydrogens (primary N) is 1. The zero-order valence-corrected chi connectivity index (χ0v) is 14.0. The van der Waals surface area contributed by atoms with Gasteiger partial charge < -0.3 is 11.1 Å². The van der Waals surface area contributed by atoms with Crippen molar-refractivity contribution in [2.75, 3.05) is 13.1 Å². The van der Waals surface area contributed by atoms with Crippen molar-refractivity contribution in [3.63, 3.8) is 0 Å². The van der Waals surface area contributed by atoms with Crippen LogP contribution in [0, 0.1) is 5.82 Å². The zero-order chi connectivity index (χ0) is 17.5. The molecular formula is C16H19F4N3S. The lowest BCUT2D eigenvalue weighted by Gasteiger charge is -2.21. The summed E-state index contributed by atoms with van der Waals surface area (Å²) in [5, 5.41) is 2.97. The maximum atomic E-state index is 13.7. The Bertz CT molecular complexity index is 659. The van der Waals surface area contributed by atoms with E-state index in [1.165, 1.54) is 11.8 Å². The second-order valence-electron chi connectivity index (χ2n) is 6.17. The highest BCUT2D eigenvalue weighted by Crippen LogP contribution is 2.38. The molecule has 0 saturated carbocycles. The third-order valence-electron chi connectivity index (χ3n) is 4.39. The van der Waals surface area contributed by atoms with Crippen molar-refractivity contribution in [2.24, 2.45) is 5.73 Å². The molecule has 0 bridgehead atoms. The van der Waals surface area contributed by atoms with E-state index in [2.05, 4.69) is 17.1 Å². The molecule has 0 aromatic heterocycles. The third-order valence-corrected chi connectivity index (χ3v) is 5.38.